The van der Waals surface area contributed by atoms with Gasteiger partial charge in [-0.1, -0.05) is 19.3 Å². The lowest BCUT2D eigenvalue weighted by molar-refractivity contribution is -0.131. The molecule has 1 saturated heterocycles. The highest BCUT2D eigenvalue weighted by Gasteiger charge is 2.21. The molecule has 0 radical (unpaired) electrons. The molecule has 0 aromatic rings. The average Bonchev–Trinajstić information content (AvgIpc) is 2.71. The molecule has 0 spiro atoms. The Hall–Kier alpha value is -0.0300. The highest BCUT2D eigenvalue weighted by molar-refractivity contribution is 5.85. The Balaban J connectivity index is 0.00000220. The number of rotatable bonds is 5. The van der Waals surface area contributed by atoms with Gasteiger partial charge in [-0.15, -0.1) is 24.8 Å². The maximum absolute atomic E-state index is 12.1. The third-order valence-electron chi connectivity index (χ3n) is 4.78. The van der Waals surface area contributed by atoms with Gasteiger partial charge in [-0.2, -0.15) is 0 Å². The zero-order valence-electron chi connectivity index (χ0n) is 13.7. The van der Waals surface area contributed by atoms with E-state index in [2.05, 4.69) is 9.80 Å². The Labute approximate surface area is 148 Å². The van der Waals surface area contributed by atoms with E-state index >= 15 is 0 Å². The number of hydrogen-bond donors (Lipinski definition) is 1. The van der Waals surface area contributed by atoms with Gasteiger partial charge in [-0.25, -0.2) is 0 Å². The highest BCUT2D eigenvalue weighted by Crippen LogP contribution is 2.24. The van der Waals surface area contributed by atoms with Gasteiger partial charge >= 0.3 is 0 Å². The summed E-state index contributed by atoms with van der Waals surface area (Å²) >= 11 is 0. The molecule has 0 atom stereocenters. The number of carbonyl (C=O) groups excluding carboxylic acids is 1. The van der Waals surface area contributed by atoms with Crippen molar-refractivity contribution in [3.05, 3.63) is 0 Å². The minimum atomic E-state index is 0. The Bertz CT molecular complexity index is 299. The fourth-order valence-electron chi connectivity index (χ4n) is 3.55. The summed E-state index contributed by atoms with van der Waals surface area (Å²) in [7, 11) is 0. The molecule has 1 heterocycles. The Kier molecular flexibility index (Phi) is 12.4. The number of nitrogens with two attached hydrogens (primary N) is 1. The molecular weight excluding hydrogens is 321 g/mol. The second-order valence-electron chi connectivity index (χ2n) is 6.43. The molecule has 2 rings (SSSR count). The molecule has 1 amide bonds. The van der Waals surface area contributed by atoms with E-state index in [4.69, 9.17) is 5.73 Å². The maximum atomic E-state index is 12.1. The summed E-state index contributed by atoms with van der Waals surface area (Å²) < 4.78 is 0. The minimum absolute atomic E-state index is 0. The lowest BCUT2D eigenvalue weighted by Gasteiger charge is -2.28. The van der Waals surface area contributed by atoms with Crippen molar-refractivity contribution < 1.29 is 4.79 Å². The summed E-state index contributed by atoms with van der Waals surface area (Å²) in [5, 5.41) is 0. The molecule has 0 bridgehead atoms. The van der Waals surface area contributed by atoms with Crippen LogP contribution >= 0.6 is 24.8 Å². The first-order valence-electron chi connectivity index (χ1n) is 8.50. The van der Waals surface area contributed by atoms with Crippen LogP contribution in [0.15, 0.2) is 0 Å². The first-order valence-corrected chi connectivity index (χ1v) is 8.50. The van der Waals surface area contributed by atoms with Crippen molar-refractivity contribution in [3.8, 4) is 0 Å². The van der Waals surface area contributed by atoms with Crippen LogP contribution in [0.5, 0.6) is 0 Å². The molecule has 22 heavy (non-hydrogen) atoms. The molecule has 0 aromatic heterocycles. The smallest absolute Gasteiger partial charge is 0.222 e. The molecule has 6 heteroatoms. The Morgan fingerprint density at radius 1 is 0.955 bits per heavy atom. The minimum Gasteiger partial charge on any atom is -0.341 e. The van der Waals surface area contributed by atoms with E-state index in [0.717, 1.165) is 44.9 Å². The zero-order valence-corrected chi connectivity index (χ0v) is 15.3. The third kappa shape index (κ3) is 7.49. The van der Waals surface area contributed by atoms with Gasteiger partial charge in [0, 0.05) is 32.6 Å². The second-order valence-corrected chi connectivity index (χ2v) is 6.43. The van der Waals surface area contributed by atoms with Gasteiger partial charge in [-0.3, -0.25) is 4.79 Å². The van der Waals surface area contributed by atoms with Crippen molar-refractivity contribution in [2.75, 3.05) is 39.3 Å². The van der Waals surface area contributed by atoms with Gasteiger partial charge in [0.25, 0.3) is 0 Å². The zero-order chi connectivity index (χ0) is 14.2. The van der Waals surface area contributed by atoms with Crippen LogP contribution < -0.4 is 5.73 Å². The first-order chi connectivity index (χ1) is 9.79. The Morgan fingerprint density at radius 3 is 2.36 bits per heavy atom. The lowest BCUT2D eigenvalue weighted by atomic mass is 9.89. The predicted octanol–water partition coefficient (Wildman–Crippen LogP) is 2.68. The summed E-state index contributed by atoms with van der Waals surface area (Å²) in [5.74, 6) is 1.21. The van der Waals surface area contributed by atoms with Crippen molar-refractivity contribution in [1.82, 2.24) is 9.80 Å². The van der Waals surface area contributed by atoms with Crippen LogP contribution in [0.1, 0.15) is 51.4 Å². The van der Waals surface area contributed by atoms with Gasteiger partial charge in [0.05, 0.1) is 0 Å². The molecule has 2 N–H and O–H groups in total. The summed E-state index contributed by atoms with van der Waals surface area (Å²) in [6.07, 6.45) is 9.66. The lowest BCUT2D eigenvalue weighted by Crippen LogP contribution is -2.37. The second kappa shape index (κ2) is 12.4. The molecular formula is C16H33Cl2N3O. The highest BCUT2D eigenvalue weighted by atomic mass is 35.5. The number of carbonyl (C=O) groups is 1. The van der Waals surface area contributed by atoms with E-state index in [1.54, 1.807) is 0 Å². The fraction of sp³-hybridized carbons (Fsp3) is 0.938. The normalized spacial score (nSPS) is 20.7. The van der Waals surface area contributed by atoms with Gasteiger partial charge in [0.1, 0.15) is 0 Å². The molecule has 0 unspecified atom stereocenters. The van der Waals surface area contributed by atoms with Gasteiger partial charge in [0.15, 0.2) is 0 Å². The van der Waals surface area contributed by atoms with Gasteiger partial charge < -0.3 is 15.5 Å². The van der Waals surface area contributed by atoms with E-state index in [1.165, 1.54) is 38.6 Å². The van der Waals surface area contributed by atoms with Crippen LogP contribution in [0.2, 0.25) is 0 Å². The molecule has 132 valence electrons. The predicted molar refractivity (Wildman–Crippen MR) is 97.0 cm³/mol. The summed E-state index contributed by atoms with van der Waals surface area (Å²) in [4.78, 5) is 16.7. The van der Waals surface area contributed by atoms with Crippen molar-refractivity contribution in [3.63, 3.8) is 0 Å². The maximum Gasteiger partial charge on any atom is 0.222 e. The molecule has 4 nitrogen and oxygen atoms in total. The fourth-order valence-corrected chi connectivity index (χ4v) is 3.55. The monoisotopic (exact) mass is 353 g/mol. The molecule has 1 aliphatic heterocycles. The number of nitrogens with zero attached hydrogens (tertiary/aromatic N) is 2. The van der Waals surface area contributed by atoms with Gasteiger partial charge in [-0.05, 0) is 44.7 Å². The van der Waals surface area contributed by atoms with Crippen LogP contribution in [0.25, 0.3) is 0 Å². The van der Waals surface area contributed by atoms with Crippen molar-refractivity contribution in [2.45, 2.75) is 51.4 Å². The molecule has 1 aliphatic carbocycles. The van der Waals surface area contributed by atoms with Crippen molar-refractivity contribution >= 4 is 30.7 Å². The van der Waals surface area contributed by atoms with E-state index in [1.807, 2.05) is 0 Å². The number of hydrogen-bond acceptors (Lipinski definition) is 3. The number of halogens is 2. The molecule has 2 fully saturated rings. The van der Waals surface area contributed by atoms with Crippen molar-refractivity contribution in [2.24, 2.45) is 11.7 Å². The van der Waals surface area contributed by atoms with Crippen molar-refractivity contribution in [1.29, 1.82) is 0 Å². The largest absolute Gasteiger partial charge is 0.341 e. The van der Waals surface area contributed by atoms with Gasteiger partial charge in [0.2, 0.25) is 5.91 Å². The summed E-state index contributed by atoms with van der Waals surface area (Å²) in [6.45, 7) is 5.95. The van der Waals surface area contributed by atoms with Crippen LogP contribution in [-0.2, 0) is 4.79 Å². The SMILES string of the molecule is Cl.Cl.NCCCC(=O)N1CCCN(CC2CCCCC2)CC1. The van der Waals surface area contributed by atoms with E-state index < -0.39 is 0 Å². The summed E-state index contributed by atoms with van der Waals surface area (Å²) in [5.41, 5.74) is 5.48. The topological polar surface area (TPSA) is 49.6 Å². The standard InChI is InChI=1S/C16H31N3O.2ClH/c17-9-4-8-16(20)19-11-5-10-18(12-13-19)14-15-6-2-1-3-7-15;;/h15H,1-14,17H2;2*1H. The molecule has 2 aliphatic rings. The Morgan fingerprint density at radius 2 is 1.68 bits per heavy atom. The van der Waals surface area contributed by atoms with Crippen LogP contribution in [0.3, 0.4) is 0 Å². The quantitative estimate of drug-likeness (QED) is 0.826. The van der Waals surface area contributed by atoms with Crippen LogP contribution in [-0.4, -0.2) is 55.0 Å². The van der Waals surface area contributed by atoms with E-state index in [-0.39, 0.29) is 24.8 Å². The van der Waals surface area contributed by atoms with Crippen LogP contribution in [0.4, 0.5) is 0 Å². The third-order valence-corrected chi connectivity index (χ3v) is 4.78. The molecule has 0 aromatic carbocycles. The summed E-state index contributed by atoms with van der Waals surface area (Å²) in [6, 6.07) is 0. The van der Waals surface area contributed by atoms with E-state index in [0.29, 0.717) is 18.9 Å². The molecule has 1 saturated carbocycles. The average molecular weight is 354 g/mol. The first kappa shape index (κ1) is 22.0. The number of amides is 1. The van der Waals surface area contributed by atoms with E-state index in [9.17, 15) is 4.79 Å². The van der Waals surface area contributed by atoms with Crippen LogP contribution in [0, 0.1) is 5.92 Å².